The van der Waals surface area contributed by atoms with Crippen molar-refractivity contribution in [2.24, 2.45) is 22.4 Å². The number of aromatic nitrogens is 3. The average Bonchev–Trinajstić information content (AvgIpc) is 3.49. The Morgan fingerprint density at radius 2 is 1.83 bits per heavy atom. The molecule has 3 heterocycles. The van der Waals surface area contributed by atoms with E-state index in [1.54, 1.807) is 18.3 Å². The maximum Gasteiger partial charge on any atom is 0.289 e. The summed E-state index contributed by atoms with van der Waals surface area (Å²) in [7, 11) is 0. The molecule has 0 unspecified atom stereocenters. The smallest absolute Gasteiger partial charge is 0.289 e. The van der Waals surface area contributed by atoms with Gasteiger partial charge in [0, 0.05) is 41.8 Å². The number of amides is 4. The number of ketones is 1. The number of hydrogen-bond donors (Lipinski definition) is 4. The summed E-state index contributed by atoms with van der Waals surface area (Å²) in [6.45, 7) is 7.52. The summed E-state index contributed by atoms with van der Waals surface area (Å²) in [5.41, 5.74) is 0.266. The summed E-state index contributed by atoms with van der Waals surface area (Å²) in [5, 5.41) is 24.4. The predicted octanol–water partition coefficient (Wildman–Crippen LogP) is 4.02. The van der Waals surface area contributed by atoms with Gasteiger partial charge in [0.05, 0.1) is 30.2 Å². The molecule has 54 heavy (non-hydrogen) atoms. The summed E-state index contributed by atoms with van der Waals surface area (Å²) >= 11 is 6.29. The minimum Gasteiger partial charge on any atom is -0.387 e. The van der Waals surface area contributed by atoms with Gasteiger partial charge in [0.2, 0.25) is 23.5 Å². The first-order valence-electron chi connectivity index (χ1n) is 19.4. The van der Waals surface area contributed by atoms with Crippen LogP contribution in [0.1, 0.15) is 110 Å². The first-order chi connectivity index (χ1) is 25.8. The Balaban J connectivity index is 1.27. The van der Waals surface area contributed by atoms with E-state index in [4.69, 9.17) is 16.4 Å². The van der Waals surface area contributed by atoms with Crippen molar-refractivity contribution in [3.05, 3.63) is 46.7 Å². The van der Waals surface area contributed by atoms with Gasteiger partial charge in [0.15, 0.2) is 5.60 Å². The van der Waals surface area contributed by atoms with Crippen LogP contribution in [0.15, 0.2) is 35.6 Å². The molecule has 4 N–H and O–H groups in total. The van der Waals surface area contributed by atoms with Gasteiger partial charge in [0.25, 0.3) is 5.91 Å². The number of nitrogens with one attached hydrogen (secondary N) is 4. The molecule has 2 aliphatic carbocycles. The summed E-state index contributed by atoms with van der Waals surface area (Å²) in [6, 6.07) is 4.06. The lowest BCUT2D eigenvalue weighted by atomic mass is 9.77. The van der Waals surface area contributed by atoms with E-state index in [1.807, 2.05) is 39.8 Å². The molecule has 14 nitrogen and oxygen atoms in total. The fraction of sp³-hybridized carbons (Fsp3) is 0.641. The number of H-pyrrole nitrogens is 1. The Bertz CT molecular complexity index is 1730. The number of oxime groups is 1. The van der Waals surface area contributed by atoms with E-state index in [9.17, 15) is 24.0 Å². The lowest BCUT2D eigenvalue weighted by Crippen LogP contribution is -2.60. The van der Waals surface area contributed by atoms with Crippen LogP contribution >= 0.6 is 11.6 Å². The third-order valence-corrected chi connectivity index (χ3v) is 11.4. The van der Waals surface area contributed by atoms with Gasteiger partial charge in [-0.3, -0.25) is 24.0 Å². The Labute approximate surface area is 321 Å². The van der Waals surface area contributed by atoms with Crippen molar-refractivity contribution in [3.63, 3.8) is 0 Å². The Hall–Kier alpha value is -4.33. The molecule has 1 aromatic carbocycles. The Morgan fingerprint density at radius 1 is 1.07 bits per heavy atom. The normalized spacial score (nSPS) is 23.2. The van der Waals surface area contributed by atoms with Crippen LogP contribution in [0, 0.1) is 17.3 Å². The van der Waals surface area contributed by atoms with Crippen LogP contribution in [0.3, 0.4) is 0 Å². The number of halogens is 1. The fourth-order valence-electron chi connectivity index (χ4n) is 8.04. The van der Waals surface area contributed by atoms with Gasteiger partial charge in [-0.05, 0) is 55.6 Å². The molecule has 4 aliphatic rings. The molecule has 292 valence electrons. The number of benzene rings is 1. The maximum atomic E-state index is 14.9. The minimum absolute atomic E-state index is 0.0134. The number of Topliss-reactive ketones (excluding diaryl/α,β-unsaturated/α-hetero) is 1. The summed E-state index contributed by atoms with van der Waals surface area (Å²) in [6.07, 6.45) is 9.82. The van der Waals surface area contributed by atoms with Crippen LogP contribution in [-0.2, 0) is 35.2 Å². The van der Waals surface area contributed by atoms with E-state index in [0.717, 1.165) is 50.5 Å². The standard InChI is InChI=1S/C39H53ClN8O6/c1-5-10-29(32(49)36(52)42-26-15-16-26)43-35(51)31-20-39(19-30(46-54-39)24-13-9-14-25(40)17-24)22-48(31)37(53)33(38(2,3)4)44-34(50)28(18-27-21-41-47-45-27)23-11-7-6-8-12-23/h9,13-14,17,21,23,26,28-29,31,33H,5-8,10-12,15-16,18-20,22H2,1-4H3,(H,42,52)(H,43,51)(H,44,50)(H,41,45,47)/t28-,29-,31-,33+,39+/m0/s1. The monoisotopic (exact) mass is 764 g/mol. The SMILES string of the molecule is CCC[C@H](NC(=O)[C@@H]1C[C@]2(CC(c3cccc(Cl)c3)=NO2)CN1C(=O)[C@@H](NC(=O)[C@@H](Cc1cn[nH]n1)C1CCCCC1)C(C)(C)C)C(=O)C(=O)NC1CC1. The molecular weight excluding hydrogens is 712 g/mol. The zero-order chi connectivity index (χ0) is 38.6. The zero-order valence-electron chi connectivity index (χ0n) is 31.7. The number of aromatic amines is 1. The van der Waals surface area contributed by atoms with Gasteiger partial charge in [-0.1, -0.05) is 82.3 Å². The van der Waals surface area contributed by atoms with Crippen LogP contribution in [-0.4, -0.2) is 91.7 Å². The number of hydrogen-bond acceptors (Lipinski definition) is 9. The first-order valence-corrected chi connectivity index (χ1v) is 19.8. The van der Waals surface area contributed by atoms with Crippen molar-refractivity contribution < 1.29 is 28.8 Å². The van der Waals surface area contributed by atoms with Crippen molar-refractivity contribution in [1.82, 2.24) is 36.3 Å². The molecule has 3 fully saturated rings. The predicted molar refractivity (Wildman–Crippen MR) is 201 cm³/mol. The molecule has 1 aromatic heterocycles. The van der Waals surface area contributed by atoms with Gasteiger partial charge in [0.1, 0.15) is 12.1 Å². The highest BCUT2D eigenvalue weighted by molar-refractivity contribution is 6.38. The van der Waals surface area contributed by atoms with Gasteiger partial charge in [-0.25, -0.2) is 0 Å². The van der Waals surface area contributed by atoms with E-state index in [1.165, 1.54) is 4.90 Å². The molecule has 4 amide bonds. The van der Waals surface area contributed by atoms with E-state index in [2.05, 4.69) is 36.5 Å². The molecule has 15 heteroatoms. The molecule has 2 aliphatic heterocycles. The lowest BCUT2D eigenvalue weighted by molar-refractivity contribution is -0.146. The second-order valence-corrected chi connectivity index (χ2v) is 17.1. The van der Waals surface area contributed by atoms with Crippen LogP contribution in [0.5, 0.6) is 0 Å². The van der Waals surface area contributed by atoms with Crippen molar-refractivity contribution in [3.8, 4) is 0 Å². The highest BCUT2D eigenvalue weighted by Crippen LogP contribution is 2.40. The van der Waals surface area contributed by atoms with E-state index >= 15 is 0 Å². The van der Waals surface area contributed by atoms with Crippen LogP contribution in [0.4, 0.5) is 0 Å². The number of rotatable bonds is 14. The summed E-state index contributed by atoms with van der Waals surface area (Å²) in [4.78, 5) is 77.2. The third kappa shape index (κ3) is 9.30. The zero-order valence-corrected chi connectivity index (χ0v) is 32.4. The molecule has 2 aromatic rings. The number of carbonyl (C=O) groups is 5. The molecule has 5 atom stereocenters. The summed E-state index contributed by atoms with van der Waals surface area (Å²) < 4.78 is 0. The highest BCUT2D eigenvalue weighted by Gasteiger charge is 2.56. The molecule has 0 radical (unpaired) electrons. The largest absolute Gasteiger partial charge is 0.387 e. The van der Waals surface area contributed by atoms with E-state index in [0.29, 0.717) is 35.7 Å². The molecule has 0 bridgehead atoms. The molecule has 6 rings (SSSR count). The first kappa shape index (κ1) is 39.4. The second kappa shape index (κ2) is 16.6. The maximum absolute atomic E-state index is 14.9. The van der Waals surface area contributed by atoms with Crippen molar-refractivity contribution in [2.45, 2.75) is 135 Å². The van der Waals surface area contributed by atoms with Crippen LogP contribution in [0.25, 0.3) is 0 Å². The average molecular weight is 765 g/mol. The summed E-state index contributed by atoms with van der Waals surface area (Å²) in [5.74, 6) is -3.00. The third-order valence-electron chi connectivity index (χ3n) is 11.2. The van der Waals surface area contributed by atoms with Crippen molar-refractivity contribution >= 4 is 46.7 Å². The lowest BCUT2D eigenvalue weighted by Gasteiger charge is -2.37. The molecule has 1 saturated heterocycles. The molecule has 2 saturated carbocycles. The van der Waals surface area contributed by atoms with E-state index < -0.39 is 58.6 Å². The number of carbonyl (C=O) groups excluding carboxylic acids is 5. The van der Waals surface area contributed by atoms with E-state index in [-0.39, 0.29) is 37.3 Å². The van der Waals surface area contributed by atoms with Gasteiger partial charge >= 0.3 is 0 Å². The van der Waals surface area contributed by atoms with Gasteiger partial charge < -0.3 is 25.7 Å². The number of nitrogens with zero attached hydrogens (tertiary/aromatic N) is 4. The topological polar surface area (TPSA) is 188 Å². The van der Waals surface area contributed by atoms with Crippen LogP contribution in [0.2, 0.25) is 5.02 Å². The quantitative estimate of drug-likeness (QED) is 0.208. The molecular formula is C39H53ClN8O6. The Morgan fingerprint density at radius 3 is 2.48 bits per heavy atom. The minimum atomic E-state index is -1.07. The van der Waals surface area contributed by atoms with Gasteiger partial charge in [-0.15, -0.1) is 0 Å². The molecule has 1 spiro atoms. The van der Waals surface area contributed by atoms with Crippen molar-refractivity contribution in [1.29, 1.82) is 0 Å². The van der Waals surface area contributed by atoms with Crippen molar-refractivity contribution in [2.75, 3.05) is 6.54 Å². The number of likely N-dealkylation sites (tertiary alicyclic amines) is 1. The fourth-order valence-corrected chi connectivity index (χ4v) is 8.23. The highest BCUT2D eigenvalue weighted by atomic mass is 35.5. The second-order valence-electron chi connectivity index (χ2n) is 16.6. The van der Waals surface area contributed by atoms with Gasteiger partial charge in [-0.2, -0.15) is 15.4 Å². The Kier molecular flexibility index (Phi) is 12.1. The van der Waals surface area contributed by atoms with Crippen LogP contribution < -0.4 is 16.0 Å².